The molecule has 0 saturated carbocycles. The van der Waals surface area contributed by atoms with Crippen LogP contribution >= 0.6 is 0 Å². The molecule has 0 unspecified atom stereocenters. The zero-order valence-electron chi connectivity index (χ0n) is 17.4. The summed E-state index contributed by atoms with van der Waals surface area (Å²) in [6.07, 6.45) is 0. The van der Waals surface area contributed by atoms with Crippen molar-refractivity contribution in [2.24, 2.45) is 0 Å². The first-order valence-electron chi connectivity index (χ1n) is 10.4. The first-order valence-corrected chi connectivity index (χ1v) is 10.4. The molecule has 0 atom stereocenters. The predicted molar refractivity (Wildman–Crippen MR) is 118 cm³/mol. The number of ether oxygens (including phenoxy) is 1. The van der Waals surface area contributed by atoms with E-state index in [1.807, 2.05) is 30.3 Å². The smallest absolute Gasteiger partial charge is 0.255 e. The lowest BCUT2D eigenvalue weighted by molar-refractivity contribution is 0.102. The number of piperazine rings is 1. The Labute approximate surface area is 173 Å². The highest BCUT2D eigenvalue weighted by Gasteiger charge is 2.17. The topological polar surface area (TPSA) is 48.1 Å². The van der Waals surface area contributed by atoms with Crippen molar-refractivity contribution in [3.8, 4) is 0 Å². The molecule has 6 nitrogen and oxygen atoms in total. The van der Waals surface area contributed by atoms with E-state index >= 15 is 0 Å². The zero-order valence-corrected chi connectivity index (χ0v) is 17.4. The SMILES string of the molecule is Cc1cc(NC(=O)c2ccc(N3CCOCC3)cc2)ccc1N1CCN(C)CC1. The van der Waals surface area contributed by atoms with Crippen LogP contribution in [0.1, 0.15) is 15.9 Å². The van der Waals surface area contributed by atoms with Crippen LogP contribution in [0.5, 0.6) is 0 Å². The Morgan fingerprint density at radius 1 is 0.897 bits per heavy atom. The molecule has 6 heteroatoms. The number of anilines is 3. The van der Waals surface area contributed by atoms with Gasteiger partial charge in [0, 0.05) is 61.9 Å². The van der Waals surface area contributed by atoms with Gasteiger partial charge in [-0.1, -0.05) is 0 Å². The second-order valence-corrected chi connectivity index (χ2v) is 7.89. The van der Waals surface area contributed by atoms with Crippen LogP contribution in [0.3, 0.4) is 0 Å². The summed E-state index contributed by atoms with van der Waals surface area (Å²) in [4.78, 5) is 19.7. The van der Waals surface area contributed by atoms with Crippen molar-refractivity contribution in [1.29, 1.82) is 0 Å². The summed E-state index contributed by atoms with van der Waals surface area (Å²) >= 11 is 0. The van der Waals surface area contributed by atoms with Crippen LogP contribution in [0.4, 0.5) is 17.1 Å². The minimum atomic E-state index is -0.0784. The standard InChI is InChI=1S/C23H30N4O2/c1-18-17-20(5-8-22(18)27-11-9-25(2)10-12-27)24-23(28)19-3-6-21(7-4-19)26-13-15-29-16-14-26/h3-8,17H,9-16H2,1-2H3,(H,24,28). The van der Waals surface area contributed by atoms with E-state index < -0.39 is 0 Å². The Hall–Kier alpha value is -2.57. The number of hydrogen-bond acceptors (Lipinski definition) is 5. The molecule has 2 aliphatic heterocycles. The maximum Gasteiger partial charge on any atom is 0.255 e. The molecule has 2 fully saturated rings. The van der Waals surface area contributed by atoms with E-state index in [-0.39, 0.29) is 5.91 Å². The molecule has 0 spiro atoms. The Bertz CT molecular complexity index is 838. The molecule has 0 aliphatic carbocycles. The van der Waals surface area contributed by atoms with Crippen molar-refractivity contribution >= 4 is 23.0 Å². The van der Waals surface area contributed by atoms with Gasteiger partial charge >= 0.3 is 0 Å². The highest BCUT2D eigenvalue weighted by atomic mass is 16.5. The normalized spacial score (nSPS) is 18.0. The van der Waals surface area contributed by atoms with Crippen LogP contribution in [0, 0.1) is 6.92 Å². The highest BCUT2D eigenvalue weighted by Crippen LogP contribution is 2.25. The van der Waals surface area contributed by atoms with Crippen LogP contribution in [0.15, 0.2) is 42.5 Å². The van der Waals surface area contributed by atoms with Crippen LogP contribution < -0.4 is 15.1 Å². The van der Waals surface area contributed by atoms with E-state index in [1.165, 1.54) is 11.3 Å². The molecule has 0 bridgehead atoms. The number of likely N-dealkylation sites (N-methyl/N-ethyl adjacent to an activating group) is 1. The van der Waals surface area contributed by atoms with Gasteiger partial charge in [0.25, 0.3) is 5.91 Å². The van der Waals surface area contributed by atoms with Gasteiger partial charge < -0.3 is 24.8 Å². The fourth-order valence-electron chi connectivity index (χ4n) is 3.98. The van der Waals surface area contributed by atoms with E-state index in [0.29, 0.717) is 5.56 Å². The van der Waals surface area contributed by atoms with E-state index in [0.717, 1.165) is 63.9 Å². The first kappa shape index (κ1) is 19.7. The molecule has 1 amide bonds. The van der Waals surface area contributed by atoms with E-state index in [2.05, 4.69) is 46.1 Å². The summed E-state index contributed by atoms with van der Waals surface area (Å²) in [5.41, 5.74) is 5.09. The molecule has 2 aromatic rings. The molecule has 4 rings (SSSR count). The third-order valence-corrected chi connectivity index (χ3v) is 5.80. The van der Waals surface area contributed by atoms with Crippen LogP contribution in [0.25, 0.3) is 0 Å². The molecule has 29 heavy (non-hydrogen) atoms. The van der Waals surface area contributed by atoms with E-state index in [9.17, 15) is 4.79 Å². The molecule has 154 valence electrons. The van der Waals surface area contributed by atoms with Gasteiger partial charge in [0.2, 0.25) is 0 Å². The number of nitrogens with zero attached hydrogens (tertiary/aromatic N) is 3. The maximum atomic E-state index is 12.7. The second kappa shape index (κ2) is 8.84. The lowest BCUT2D eigenvalue weighted by atomic mass is 10.1. The number of morpholine rings is 1. The van der Waals surface area contributed by atoms with E-state index in [1.54, 1.807) is 0 Å². The van der Waals surface area contributed by atoms with Gasteiger partial charge in [0.1, 0.15) is 0 Å². The summed E-state index contributed by atoms with van der Waals surface area (Å²) in [6, 6.07) is 14.0. The average molecular weight is 395 g/mol. The number of rotatable bonds is 4. The molecule has 2 heterocycles. The predicted octanol–water partition coefficient (Wildman–Crippen LogP) is 2.84. The fraction of sp³-hybridized carbons (Fsp3) is 0.435. The second-order valence-electron chi connectivity index (χ2n) is 7.89. The van der Waals surface area contributed by atoms with E-state index in [4.69, 9.17) is 4.74 Å². The Kier molecular flexibility index (Phi) is 6.02. The Balaban J connectivity index is 1.39. The van der Waals surface area contributed by atoms with Gasteiger partial charge in [-0.15, -0.1) is 0 Å². The number of nitrogens with one attached hydrogen (secondary N) is 1. The number of aryl methyl sites for hydroxylation is 1. The Morgan fingerprint density at radius 3 is 2.24 bits per heavy atom. The summed E-state index contributed by atoms with van der Waals surface area (Å²) in [7, 11) is 2.16. The van der Waals surface area contributed by atoms with Crippen molar-refractivity contribution in [3.63, 3.8) is 0 Å². The summed E-state index contributed by atoms with van der Waals surface area (Å²) in [5.74, 6) is -0.0784. The number of amides is 1. The van der Waals surface area contributed by atoms with Crippen molar-refractivity contribution < 1.29 is 9.53 Å². The van der Waals surface area contributed by atoms with Gasteiger partial charge in [-0.3, -0.25) is 4.79 Å². The summed E-state index contributed by atoms with van der Waals surface area (Å²) in [6.45, 7) is 9.65. The van der Waals surface area contributed by atoms with Crippen molar-refractivity contribution in [1.82, 2.24) is 4.90 Å². The van der Waals surface area contributed by atoms with Gasteiger partial charge in [-0.05, 0) is 62.0 Å². The summed E-state index contributed by atoms with van der Waals surface area (Å²) in [5, 5.41) is 3.04. The van der Waals surface area contributed by atoms with Crippen LogP contribution in [0.2, 0.25) is 0 Å². The molecule has 2 aliphatic rings. The van der Waals surface area contributed by atoms with Crippen LogP contribution in [-0.2, 0) is 4.74 Å². The van der Waals surface area contributed by atoms with Crippen molar-refractivity contribution in [3.05, 3.63) is 53.6 Å². The number of benzene rings is 2. The number of hydrogen-bond donors (Lipinski definition) is 1. The molecule has 1 N–H and O–H groups in total. The largest absolute Gasteiger partial charge is 0.378 e. The summed E-state index contributed by atoms with van der Waals surface area (Å²) < 4.78 is 5.40. The lowest BCUT2D eigenvalue weighted by Gasteiger charge is -2.35. The van der Waals surface area contributed by atoms with Crippen LogP contribution in [-0.4, -0.2) is 70.3 Å². The minimum Gasteiger partial charge on any atom is -0.378 e. The van der Waals surface area contributed by atoms with Gasteiger partial charge in [-0.25, -0.2) is 0 Å². The third-order valence-electron chi connectivity index (χ3n) is 5.80. The monoisotopic (exact) mass is 394 g/mol. The Morgan fingerprint density at radius 2 is 1.59 bits per heavy atom. The zero-order chi connectivity index (χ0) is 20.2. The maximum absolute atomic E-state index is 12.7. The lowest BCUT2D eigenvalue weighted by Crippen LogP contribution is -2.44. The number of carbonyl (C=O) groups excluding carboxylic acids is 1. The van der Waals surface area contributed by atoms with Gasteiger partial charge in [-0.2, -0.15) is 0 Å². The minimum absolute atomic E-state index is 0.0784. The van der Waals surface area contributed by atoms with Crippen molar-refractivity contribution in [2.75, 3.05) is 74.6 Å². The molecule has 0 aromatic heterocycles. The quantitative estimate of drug-likeness (QED) is 0.864. The highest BCUT2D eigenvalue weighted by molar-refractivity contribution is 6.04. The molecule has 0 radical (unpaired) electrons. The van der Waals surface area contributed by atoms with Gasteiger partial charge in [0.15, 0.2) is 0 Å². The van der Waals surface area contributed by atoms with Crippen molar-refractivity contribution in [2.45, 2.75) is 6.92 Å². The first-order chi connectivity index (χ1) is 14.1. The third kappa shape index (κ3) is 4.71. The fourth-order valence-corrected chi connectivity index (χ4v) is 3.98. The molecule has 2 aromatic carbocycles. The van der Waals surface area contributed by atoms with Gasteiger partial charge in [0.05, 0.1) is 13.2 Å². The molecule has 2 saturated heterocycles. The average Bonchev–Trinajstić information content (AvgIpc) is 2.75. The number of carbonyl (C=O) groups is 1. The molecular weight excluding hydrogens is 364 g/mol. The molecular formula is C23H30N4O2.